The quantitative estimate of drug-likeness (QED) is 0.441. The zero-order valence-electron chi connectivity index (χ0n) is 13.8. The monoisotopic (exact) mass is 406 g/mol. The van der Waals surface area contributed by atoms with E-state index in [1.54, 1.807) is 36.4 Å². The van der Waals surface area contributed by atoms with Crippen LogP contribution >= 0.6 is 23.2 Å². The van der Waals surface area contributed by atoms with E-state index in [1.807, 2.05) is 0 Å². The van der Waals surface area contributed by atoms with E-state index in [0.717, 1.165) is 6.33 Å². The van der Waals surface area contributed by atoms with Gasteiger partial charge in [-0.3, -0.25) is 10.1 Å². The van der Waals surface area contributed by atoms with Crippen molar-refractivity contribution in [3.05, 3.63) is 69.0 Å². The first kappa shape index (κ1) is 18.7. The van der Waals surface area contributed by atoms with Crippen molar-refractivity contribution >= 4 is 40.4 Å². The van der Waals surface area contributed by atoms with Crippen LogP contribution in [0.5, 0.6) is 17.4 Å². The number of nitrogens with one attached hydrogen (secondary N) is 1. The number of methoxy groups -OCH3 is 1. The van der Waals surface area contributed by atoms with Crippen LogP contribution in [0.3, 0.4) is 0 Å². The fourth-order valence-corrected chi connectivity index (χ4v) is 2.62. The SMILES string of the molecule is COc1ccc(Oc2ncnc(Nc3ccc(Cl)cc3Cl)c2[N+](=O)[O-])cc1. The van der Waals surface area contributed by atoms with Crippen LogP contribution in [0.4, 0.5) is 17.2 Å². The highest BCUT2D eigenvalue weighted by Crippen LogP contribution is 2.37. The highest BCUT2D eigenvalue weighted by atomic mass is 35.5. The van der Waals surface area contributed by atoms with Gasteiger partial charge in [0.2, 0.25) is 5.82 Å². The second kappa shape index (κ2) is 8.07. The summed E-state index contributed by atoms with van der Waals surface area (Å²) in [6.07, 6.45) is 1.15. The van der Waals surface area contributed by atoms with Crippen LogP contribution in [0, 0.1) is 10.1 Å². The molecule has 0 fully saturated rings. The number of hydrogen-bond donors (Lipinski definition) is 1. The molecule has 0 radical (unpaired) electrons. The fourth-order valence-electron chi connectivity index (χ4n) is 2.17. The number of nitro groups is 1. The minimum Gasteiger partial charge on any atom is -0.497 e. The van der Waals surface area contributed by atoms with Crippen molar-refractivity contribution in [2.24, 2.45) is 0 Å². The van der Waals surface area contributed by atoms with Crippen molar-refractivity contribution in [3.8, 4) is 17.4 Å². The Morgan fingerprint density at radius 1 is 1.07 bits per heavy atom. The first-order valence-electron chi connectivity index (χ1n) is 7.51. The molecular weight excluding hydrogens is 395 g/mol. The zero-order valence-corrected chi connectivity index (χ0v) is 15.4. The minimum atomic E-state index is -0.634. The maximum Gasteiger partial charge on any atom is 0.373 e. The Kier molecular flexibility index (Phi) is 5.58. The van der Waals surface area contributed by atoms with Gasteiger partial charge in [-0.05, 0) is 42.5 Å². The molecule has 3 aromatic rings. The second-order valence-corrected chi connectivity index (χ2v) is 6.00. The lowest BCUT2D eigenvalue weighted by Crippen LogP contribution is -2.03. The molecule has 0 saturated carbocycles. The number of ether oxygens (including phenoxy) is 2. The van der Waals surface area contributed by atoms with Gasteiger partial charge >= 0.3 is 11.6 Å². The van der Waals surface area contributed by atoms with E-state index in [1.165, 1.54) is 13.2 Å². The van der Waals surface area contributed by atoms with Gasteiger partial charge in [0, 0.05) is 5.02 Å². The van der Waals surface area contributed by atoms with E-state index < -0.39 is 10.6 Å². The predicted octanol–water partition coefficient (Wildman–Crippen LogP) is 5.24. The molecule has 8 nitrogen and oxygen atoms in total. The van der Waals surface area contributed by atoms with E-state index in [0.29, 0.717) is 22.2 Å². The van der Waals surface area contributed by atoms with E-state index in [2.05, 4.69) is 15.3 Å². The van der Waals surface area contributed by atoms with Crippen LogP contribution in [-0.2, 0) is 0 Å². The standard InChI is InChI=1S/C17H12Cl2N4O4/c1-26-11-3-5-12(6-4-11)27-17-15(23(24)25)16(20-9-21-17)22-14-7-2-10(18)8-13(14)19/h2-9H,1H3,(H,20,21,22). The predicted molar refractivity (Wildman–Crippen MR) is 101 cm³/mol. The third-order valence-corrected chi connectivity index (χ3v) is 3.98. The van der Waals surface area contributed by atoms with E-state index in [-0.39, 0.29) is 16.7 Å². The molecule has 0 spiro atoms. The average molecular weight is 407 g/mol. The summed E-state index contributed by atoms with van der Waals surface area (Å²) in [5, 5.41) is 15.1. The first-order valence-corrected chi connectivity index (χ1v) is 8.27. The average Bonchev–Trinajstić information content (AvgIpc) is 2.64. The molecule has 3 rings (SSSR count). The van der Waals surface area contributed by atoms with E-state index >= 15 is 0 Å². The molecule has 0 unspecified atom stereocenters. The van der Waals surface area contributed by atoms with Crippen LogP contribution < -0.4 is 14.8 Å². The summed E-state index contributed by atoms with van der Waals surface area (Å²) >= 11 is 12.0. The molecule has 10 heteroatoms. The van der Waals surface area contributed by atoms with Crippen molar-refractivity contribution in [3.63, 3.8) is 0 Å². The molecule has 1 heterocycles. The molecule has 27 heavy (non-hydrogen) atoms. The van der Waals surface area contributed by atoms with Gasteiger partial charge in [0.1, 0.15) is 17.8 Å². The van der Waals surface area contributed by atoms with Crippen LogP contribution in [0.2, 0.25) is 10.0 Å². The number of hydrogen-bond acceptors (Lipinski definition) is 7. The van der Waals surface area contributed by atoms with Crippen LogP contribution in [-0.4, -0.2) is 22.0 Å². The Morgan fingerprint density at radius 2 is 1.78 bits per heavy atom. The number of aromatic nitrogens is 2. The Labute approximate surface area is 163 Å². The van der Waals surface area contributed by atoms with Crippen molar-refractivity contribution in [2.45, 2.75) is 0 Å². The Bertz CT molecular complexity index is 983. The van der Waals surface area contributed by atoms with Gasteiger partial charge in [-0.25, -0.2) is 4.98 Å². The van der Waals surface area contributed by atoms with E-state index in [4.69, 9.17) is 32.7 Å². The van der Waals surface area contributed by atoms with Crippen molar-refractivity contribution in [1.29, 1.82) is 0 Å². The second-order valence-electron chi connectivity index (χ2n) is 5.16. The smallest absolute Gasteiger partial charge is 0.373 e. The highest BCUT2D eigenvalue weighted by Gasteiger charge is 2.25. The number of benzene rings is 2. The van der Waals surface area contributed by atoms with Crippen molar-refractivity contribution in [1.82, 2.24) is 9.97 Å². The third kappa shape index (κ3) is 4.36. The molecular formula is C17H12Cl2N4O4. The van der Waals surface area contributed by atoms with Crippen molar-refractivity contribution < 1.29 is 14.4 Å². The summed E-state index contributed by atoms with van der Waals surface area (Å²) in [4.78, 5) is 18.8. The largest absolute Gasteiger partial charge is 0.497 e. The summed E-state index contributed by atoms with van der Waals surface area (Å²) in [5.41, 5.74) is -0.0300. The molecule has 138 valence electrons. The fraction of sp³-hybridized carbons (Fsp3) is 0.0588. The van der Waals surface area contributed by atoms with Gasteiger partial charge in [-0.15, -0.1) is 0 Å². The minimum absolute atomic E-state index is 0.0669. The topological polar surface area (TPSA) is 99.4 Å². The van der Waals surface area contributed by atoms with Crippen LogP contribution in [0.1, 0.15) is 0 Å². The van der Waals surface area contributed by atoms with Gasteiger partial charge in [0.05, 0.1) is 22.7 Å². The molecule has 0 atom stereocenters. The first-order chi connectivity index (χ1) is 13.0. The Morgan fingerprint density at radius 3 is 2.41 bits per heavy atom. The molecule has 1 N–H and O–H groups in total. The Balaban J connectivity index is 1.95. The summed E-state index contributed by atoms with van der Waals surface area (Å²) in [6, 6.07) is 11.2. The van der Waals surface area contributed by atoms with Crippen LogP contribution in [0.15, 0.2) is 48.8 Å². The number of halogens is 2. The summed E-state index contributed by atoms with van der Waals surface area (Å²) in [7, 11) is 1.53. The van der Waals surface area contributed by atoms with Crippen molar-refractivity contribution in [2.75, 3.05) is 12.4 Å². The molecule has 0 aliphatic carbocycles. The van der Waals surface area contributed by atoms with Crippen LogP contribution in [0.25, 0.3) is 0 Å². The van der Waals surface area contributed by atoms with E-state index in [9.17, 15) is 10.1 Å². The molecule has 0 aliphatic heterocycles. The molecule has 2 aromatic carbocycles. The lowest BCUT2D eigenvalue weighted by molar-refractivity contribution is -0.385. The zero-order chi connectivity index (χ0) is 19.4. The molecule has 0 saturated heterocycles. The lowest BCUT2D eigenvalue weighted by atomic mass is 10.3. The molecule has 0 bridgehead atoms. The lowest BCUT2D eigenvalue weighted by Gasteiger charge is -2.10. The molecule has 0 amide bonds. The third-order valence-electron chi connectivity index (χ3n) is 3.43. The van der Waals surface area contributed by atoms with Gasteiger partial charge in [-0.1, -0.05) is 23.2 Å². The van der Waals surface area contributed by atoms with Gasteiger partial charge < -0.3 is 14.8 Å². The Hall–Kier alpha value is -3.10. The summed E-state index contributed by atoms with van der Waals surface area (Å²) in [6.45, 7) is 0. The molecule has 0 aliphatic rings. The molecule has 1 aromatic heterocycles. The maximum absolute atomic E-state index is 11.6. The highest BCUT2D eigenvalue weighted by molar-refractivity contribution is 6.36. The number of rotatable bonds is 6. The summed E-state index contributed by atoms with van der Waals surface area (Å²) in [5.74, 6) is 0.697. The van der Waals surface area contributed by atoms with Gasteiger partial charge in [0.15, 0.2) is 0 Å². The number of anilines is 2. The maximum atomic E-state index is 11.6. The summed E-state index contributed by atoms with van der Waals surface area (Å²) < 4.78 is 10.6. The van der Waals surface area contributed by atoms with Gasteiger partial charge in [0.25, 0.3) is 0 Å². The normalized spacial score (nSPS) is 10.3. The number of nitrogens with zero attached hydrogens (tertiary/aromatic N) is 3. The van der Waals surface area contributed by atoms with Gasteiger partial charge in [-0.2, -0.15) is 4.98 Å².